The Balaban J connectivity index is 2.38. The van der Waals surface area contributed by atoms with Gasteiger partial charge in [-0.2, -0.15) is 0 Å². The Bertz CT molecular complexity index is 724. The van der Waals surface area contributed by atoms with Gasteiger partial charge in [-0.1, -0.05) is 11.6 Å². The summed E-state index contributed by atoms with van der Waals surface area (Å²) in [6.07, 6.45) is 1.39. The normalized spacial score (nSPS) is 11.3. The number of nitrogens with zero attached hydrogens (tertiary/aromatic N) is 1. The zero-order chi connectivity index (χ0) is 14.0. The average molecular weight is 366 g/mol. The molecule has 0 aliphatic heterocycles. The summed E-state index contributed by atoms with van der Waals surface area (Å²) in [6.45, 7) is 0. The number of benzene rings is 1. The summed E-state index contributed by atoms with van der Waals surface area (Å²) in [5.74, 6) is -0.678. The zero-order valence-electron chi connectivity index (χ0n) is 9.27. The van der Waals surface area contributed by atoms with E-state index in [0.29, 0.717) is 0 Å². The number of aromatic nitrogens is 1. The van der Waals surface area contributed by atoms with Crippen molar-refractivity contribution in [1.29, 1.82) is 0 Å². The van der Waals surface area contributed by atoms with E-state index in [9.17, 15) is 12.8 Å². The van der Waals surface area contributed by atoms with Crippen molar-refractivity contribution in [3.8, 4) is 0 Å². The summed E-state index contributed by atoms with van der Waals surface area (Å²) < 4.78 is 39.8. The van der Waals surface area contributed by atoms with Gasteiger partial charge in [-0.25, -0.2) is 17.8 Å². The molecule has 100 valence electrons. The van der Waals surface area contributed by atoms with E-state index in [1.54, 1.807) is 6.07 Å². The lowest BCUT2D eigenvalue weighted by Gasteiger charge is -2.08. The summed E-state index contributed by atoms with van der Waals surface area (Å²) in [5.41, 5.74) is 0. The number of pyridine rings is 1. The second kappa shape index (κ2) is 5.44. The van der Waals surface area contributed by atoms with Crippen LogP contribution in [-0.2, 0) is 10.0 Å². The lowest BCUT2D eigenvalue weighted by atomic mass is 10.3. The molecule has 0 amide bonds. The van der Waals surface area contributed by atoms with Crippen molar-refractivity contribution in [2.24, 2.45) is 0 Å². The average Bonchev–Trinajstić information content (AvgIpc) is 2.35. The lowest BCUT2D eigenvalue weighted by molar-refractivity contribution is 0.593. The maximum absolute atomic E-state index is 13.3. The minimum atomic E-state index is -3.93. The van der Waals surface area contributed by atoms with Crippen molar-refractivity contribution in [2.75, 3.05) is 4.72 Å². The molecule has 4 nitrogen and oxygen atoms in total. The minimum absolute atomic E-state index is 0.00695. The van der Waals surface area contributed by atoms with Gasteiger partial charge in [0.2, 0.25) is 0 Å². The summed E-state index contributed by atoms with van der Waals surface area (Å²) in [6, 6.07) is 6.55. The predicted octanol–water partition coefficient (Wildman–Crippen LogP) is 3.44. The number of rotatable bonds is 3. The molecule has 0 radical (unpaired) electrons. The Morgan fingerprint density at radius 2 is 2.05 bits per heavy atom. The largest absolute Gasteiger partial charge is 0.263 e. The Morgan fingerprint density at radius 3 is 2.68 bits per heavy atom. The molecular weight excluding hydrogens is 359 g/mol. The molecule has 0 aliphatic carbocycles. The minimum Gasteiger partial charge on any atom is -0.262 e. The van der Waals surface area contributed by atoms with Crippen LogP contribution in [0.4, 0.5) is 10.2 Å². The third-order valence-corrected chi connectivity index (χ3v) is 4.48. The number of hydrogen-bond donors (Lipinski definition) is 1. The van der Waals surface area contributed by atoms with Gasteiger partial charge in [0, 0.05) is 6.20 Å². The van der Waals surface area contributed by atoms with Crippen LogP contribution in [0.5, 0.6) is 0 Å². The summed E-state index contributed by atoms with van der Waals surface area (Å²) in [7, 11) is -3.93. The number of halogens is 3. The second-order valence-electron chi connectivity index (χ2n) is 3.52. The maximum Gasteiger partial charge on any atom is 0.263 e. The van der Waals surface area contributed by atoms with Gasteiger partial charge < -0.3 is 0 Å². The third-order valence-electron chi connectivity index (χ3n) is 2.19. The van der Waals surface area contributed by atoms with E-state index >= 15 is 0 Å². The highest BCUT2D eigenvalue weighted by Gasteiger charge is 2.17. The number of anilines is 1. The van der Waals surface area contributed by atoms with Crippen LogP contribution in [0.25, 0.3) is 0 Å². The molecule has 19 heavy (non-hydrogen) atoms. The van der Waals surface area contributed by atoms with Gasteiger partial charge in [-0.05, 0) is 46.3 Å². The van der Waals surface area contributed by atoms with Gasteiger partial charge in [-0.3, -0.25) is 4.72 Å². The smallest absolute Gasteiger partial charge is 0.262 e. The fraction of sp³-hybridized carbons (Fsp3) is 0. The van der Waals surface area contributed by atoms with E-state index in [4.69, 9.17) is 11.6 Å². The third kappa shape index (κ3) is 3.23. The molecule has 0 unspecified atom stereocenters. The first-order valence-corrected chi connectivity index (χ1v) is 7.64. The Kier molecular flexibility index (Phi) is 4.07. The fourth-order valence-corrected chi connectivity index (χ4v) is 2.80. The SMILES string of the molecule is O=S(=O)(Nc1ncccc1Cl)c1ccc(Br)c(F)c1. The van der Waals surface area contributed by atoms with Gasteiger partial charge in [0.25, 0.3) is 10.0 Å². The van der Waals surface area contributed by atoms with Crippen LogP contribution in [0.1, 0.15) is 0 Å². The second-order valence-corrected chi connectivity index (χ2v) is 6.46. The molecule has 2 aromatic rings. The monoisotopic (exact) mass is 364 g/mol. The molecule has 0 atom stereocenters. The molecule has 2 rings (SSSR count). The molecule has 8 heteroatoms. The molecule has 0 bridgehead atoms. The van der Waals surface area contributed by atoms with E-state index in [1.165, 1.54) is 24.4 Å². The molecule has 0 spiro atoms. The summed E-state index contributed by atoms with van der Waals surface area (Å²) >= 11 is 8.75. The fourth-order valence-electron chi connectivity index (χ4n) is 1.29. The molecule has 0 saturated heterocycles. The van der Waals surface area contributed by atoms with Gasteiger partial charge in [0.05, 0.1) is 14.4 Å². The van der Waals surface area contributed by atoms with Crippen LogP contribution in [0.2, 0.25) is 5.02 Å². The van der Waals surface area contributed by atoms with Crippen LogP contribution < -0.4 is 4.72 Å². The molecule has 0 saturated carbocycles. The molecule has 1 aromatic heterocycles. The Hall–Kier alpha value is -1.18. The summed E-state index contributed by atoms with van der Waals surface area (Å²) in [4.78, 5) is 3.59. The molecular formula is C11H7BrClFN2O2S. The van der Waals surface area contributed by atoms with Crippen LogP contribution in [-0.4, -0.2) is 13.4 Å². The zero-order valence-corrected chi connectivity index (χ0v) is 12.4. The Labute approximate surface area is 122 Å². The van der Waals surface area contributed by atoms with Crippen molar-refractivity contribution in [2.45, 2.75) is 4.90 Å². The quantitative estimate of drug-likeness (QED) is 0.906. The van der Waals surface area contributed by atoms with Crippen molar-refractivity contribution in [1.82, 2.24) is 4.98 Å². The topological polar surface area (TPSA) is 59.1 Å². The van der Waals surface area contributed by atoms with Crippen molar-refractivity contribution >= 4 is 43.4 Å². The number of nitrogens with one attached hydrogen (secondary N) is 1. The van der Waals surface area contributed by atoms with Crippen molar-refractivity contribution in [3.05, 3.63) is 51.8 Å². The number of hydrogen-bond acceptors (Lipinski definition) is 3. The van der Waals surface area contributed by atoms with Crippen molar-refractivity contribution < 1.29 is 12.8 Å². The van der Waals surface area contributed by atoms with Gasteiger partial charge in [0.1, 0.15) is 5.82 Å². The highest BCUT2D eigenvalue weighted by molar-refractivity contribution is 9.10. The highest BCUT2D eigenvalue weighted by atomic mass is 79.9. The first-order chi connectivity index (χ1) is 8.90. The van der Waals surface area contributed by atoms with Crippen LogP contribution in [0.3, 0.4) is 0 Å². The van der Waals surface area contributed by atoms with Gasteiger partial charge in [0.15, 0.2) is 5.82 Å². The van der Waals surface area contributed by atoms with E-state index in [2.05, 4.69) is 25.6 Å². The van der Waals surface area contributed by atoms with Crippen LogP contribution >= 0.6 is 27.5 Å². The lowest BCUT2D eigenvalue weighted by Crippen LogP contribution is -2.14. The van der Waals surface area contributed by atoms with E-state index in [0.717, 1.165) is 6.07 Å². The first kappa shape index (κ1) is 14.2. The van der Waals surface area contributed by atoms with E-state index < -0.39 is 15.8 Å². The molecule has 1 heterocycles. The van der Waals surface area contributed by atoms with Crippen LogP contribution in [0.15, 0.2) is 45.9 Å². The Morgan fingerprint density at radius 1 is 1.32 bits per heavy atom. The van der Waals surface area contributed by atoms with Crippen molar-refractivity contribution in [3.63, 3.8) is 0 Å². The number of sulfonamides is 1. The maximum atomic E-state index is 13.3. The highest BCUT2D eigenvalue weighted by Crippen LogP contribution is 2.23. The molecule has 0 aliphatic rings. The summed E-state index contributed by atoms with van der Waals surface area (Å²) in [5, 5.41) is 0.156. The van der Waals surface area contributed by atoms with E-state index in [1.807, 2.05) is 0 Å². The molecule has 1 aromatic carbocycles. The first-order valence-electron chi connectivity index (χ1n) is 4.98. The van der Waals surface area contributed by atoms with Crippen LogP contribution in [0, 0.1) is 5.82 Å². The predicted molar refractivity (Wildman–Crippen MR) is 74.2 cm³/mol. The van der Waals surface area contributed by atoms with Gasteiger partial charge in [-0.15, -0.1) is 0 Å². The van der Waals surface area contributed by atoms with Gasteiger partial charge >= 0.3 is 0 Å². The molecule has 1 N–H and O–H groups in total. The van der Waals surface area contributed by atoms with E-state index in [-0.39, 0.29) is 20.2 Å². The molecule has 0 fully saturated rings. The standard InChI is InChI=1S/C11H7BrClFN2O2S/c12-8-4-3-7(6-10(8)14)19(17,18)16-11-9(13)2-1-5-15-11/h1-6H,(H,15,16).